The third-order valence-corrected chi connectivity index (χ3v) is 4.49. The number of benzene rings is 2. The van der Waals surface area contributed by atoms with E-state index in [-0.39, 0.29) is 24.9 Å². The Morgan fingerprint density at radius 3 is 2.56 bits per heavy atom. The van der Waals surface area contributed by atoms with Crippen LogP contribution in [0.5, 0.6) is 0 Å². The lowest BCUT2D eigenvalue weighted by molar-refractivity contribution is -0.137. The number of halogens is 1. The minimum atomic E-state index is -0.476. The standard InChI is InChI=1S/C20H20ClN3O3/c1-13(14-5-3-2-4-6-14)22-16-8-7-15(21)11-17(16)23-18-12-19(26)24(9-10-25)20(18)27/h2-8,11-13,22-23,25H,9-10H2,1H3. The van der Waals surface area contributed by atoms with Gasteiger partial charge in [-0.2, -0.15) is 0 Å². The summed E-state index contributed by atoms with van der Waals surface area (Å²) in [5.74, 6) is -0.929. The molecule has 0 fully saturated rings. The zero-order valence-corrected chi connectivity index (χ0v) is 15.5. The number of aliphatic hydroxyl groups is 1. The average Bonchev–Trinajstić information content (AvgIpc) is 2.92. The largest absolute Gasteiger partial charge is 0.395 e. The van der Waals surface area contributed by atoms with Crippen molar-refractivity contribution in [1.29, 1.82) is 0 Å². The summed E-state index contributed by atoms with van der Waals surface area (Å²) in [6.07, 6.45) is 1.23. The van der Waals surface area contributed by atoms with Gasteiger partial charge in [0.2, 0.25) is 0 Å². The zero-order valence-electron chi connectivity index (χ0n) is 14.8. The number of nitrogens with zero attached hydrogens (tertiary/aromatic N) is 1. The first-order valence-electron chi connectivity index (χ1n) is 8.56. The Labute approximate surface area is 162 Å². The summed E-state index contributed by atoms with van der Waals surface area (Å²) < 4.78 is 0. The summed E-state index contributed by atoms with van der Waals surface area (Å²) >= 11 is 6.12. The van der Waals surface area contributed by atoms with Crippen molar-refractivity contribution in [3.05, 3.63) is 70.9 Å². The van der Waals surface area contributed by atoms with E-state index < -0.39 is 11.8 Å². The summed E-state index contributed by atoms with van der Waals surface area (Å²) in [5, 5.41) is 15.9. The van der Waals surface area contributed by atoms with E-state index in [0.29, 0.717) is 10.7 Å². The number of β-amino-alcohol motifs (C(OH)–C–C–N with tert-alkyl or cyclic N) is 1. The molecule has 2 aromatic carbocycles. The van der Waals surface area contributed by atoms with E-state index in [2.05, 4.69) is 10.6 Å². The van der Waals surface area contributed by atoms with Crippen molar-refractivity contribution >= 4 is 34.8 Å². The van der Waals surface area contributed by atoms with E-state index in [1.54, 1.807) is 12.1 Å². The van der Waals surface area contributed by atoms with Crippen LogP contribution in [-0.4, -0.2) is 35.0 Å². The third-order valence-electron chi connectivity index (χ3n) is 4.26. The van der Waals surface area contributed by atoms with Crippen LogP contribution in [0.4, 0.5) is 11.4 Å². The maximum atomic E-state index is 12.4. The second-order valence-electron chi connectivity index (χ2n) is 6.17. The monoisotopic (exact) mass is 385 g/mol. The predicted molar refractivity (Wildman–Crippen MR) is 105 cm³/mol. The smallest absolute Gasteiger partial charge is 0.277 e. The molecular weight excluding hydrogens is 366 g/mol. The lowest BCUT2D eigenvalue weighted by Gasteiger charge is -2.20. The van der Waals surface area contributed by atoms with Crippen molar-refractivity contribution in [3.8, 4) is 0 Å². The molecule has 0 spiro atoms. The minimum absolute atomic E-state index is 0.0219. The van der Waals surface area contributed by atoms with Gasteiger partial charge in [-0.3, -0.25) is 14.5 Å². The Hall–Kier alpha value is -2.83. The summed E-state index contributed by atoms with van der Waals surface area (Å²) in [7, 11) is 0. The van der Waals surface area contributed by atoms with E-state index >= 15 is 0 Å². The first-order valence-corrected chi connectivity index (χ1v) is 8.94. The molecule has 3 N–H and O–H groups in total. The number of hydrogen-bond acceptors (Lipinski definition) is 5. The number of carbonyl (C=O) groups excluding carboxylic acids is 2. The quantitative estimate of drug-likeness (QED) is 0.638. The van der Waals surface area contributed by atoms with Crippen LogP contribution in [0, 0.1) is 0 Å². The van der Waals surface area contributed by atoms with Crippen LogP contribution < -0.4 is 10.6 Å². The normalized spacial score (nSPS) is 14.9. The Bertz CT molecular complexity index is 883. The number of imide groups is 1. The summed E-state index contributed by atoms with van der Waals surface area (Å²) in [5.41, 5.74) is 2.59. The number of amides is 2. The first kappa shape index (κ1) is 18.9. The molecule has 27 heavy (non-hydrogen) atoms. The first-order chi connectivity index (χ1) is 13.0. The van der Waals surface area contributed by atoms with Gasteiger partial charge in [-0.15, -0.1) is 0 Å². The van der Waals surface area contributed by atoms with E-state index in [9.17, 15) is 9.59 Å². The van der Waals surface area contributed by atoms with Crippen LogP contribution in [0.2, 0.25) is 5.02 Å². The molecule has 1 aliphatic heterocycles. The van der Waals surface area contributed by atoms with Gasteiger partial charge < -0.3 is 15.7 Å². The molecule has 1 atom stereocenters. The highest BCUT2D eigenvalue weighted by molar-refractivity contribution is 6.31. The van der Waals surface area contributed by atoms with E-state index in [0.717, 1.165) is 16.2 Å². The van der Waals surface area contributed by atoms with Gasteiger partial charge in [0.05, 0.1) is 24.5 Å². The molecule has 0 bridgehead atoms. The number of anilines is 2. The van der Waals surface area contributed by atoms with Crippen molar-refractivity contribution in [2.45, 2.75) is 13.0 Å². The van der Waals surface area contributed by atoms with Crippen molar-refractivity contribution < 1.29 is 14.7 Å². The fourth-order valence-corrected chi connectivity index (χ4v) is 3.03. The molecule has 0 aliphatic carbocycles. The van der Waals surface area contributed by atoms with Crippen LogP contribution in [0.15, 0.2) is 60.3 Å². The number of hydrogen-bond donors (Lipinski definition) is 3. The topological polar surface area (TPSA) is 81.7 Å². The Balaban J connectivity index is 1.82. The van der Waals surface area contributed by atoms with Crippen molar-refractivity contribution in [3.63, 3.8) is 0 Å². The molecule has 140 valence electrons. The Kier molecular flexibility index (Phi) is 5.78. The highest BCUT2D eigenvalue weighted by atomic mass is 35.5. The van der Waals surface area contributed by atoms with Gasteiger partial charge in [0.1, 0.15) is 5.70 Å². The van der Waals surface area contributed by atoms with Crippen LogP contribution in [-0.2, 0) is 9.59 Å². The molecule has 2 aromatic rings. The highest BCUT2D eigenvalue weighted by Gasteiger charge is 2.31. The lowest BCUT2D eigenvalue weighted by Crippen LogP contribution is -2.34. The molecule has 1 unspecified atom stereocenters. The van der Waals surface area contributed by atoms with Crippen LogP contribution in [0.25, 0.3) is 0 Å². The second-order valence-corrected chi connectivity index (χ2v) is 6.60. The fraction of sp³-hybridized carbons (Fsp3) is 0.200. The zero-order chi connectivity index (χ0) is 19.4. The van der Waals surface area contributed by atoms with Crippen LogP contribution in [0.3, 0.4) is 0 Å². The van der Waals surface area contributed by atoms with Gasteiger partial charge in [-0.1, -0.05) is 41.9 Å². The SMILES string of the molecule is CC(Nc1ccc(Cl)cc1NC1=CC(=O)N(CCO)C1=O)c1ccccc1. The molecule has 0 aromatic heterocycles. The average molecular weight is 386 g/mol. The summed E-state index contributed by atoms with van der Waals surface area (Å²) in [6.45, 7) is 1.71. The number of carbonyl (C=O) groups is 2. The van der Waals surface area contributed by atoms with Crippen LogP contribution >= 0.6 is 11.6 Å². The third kappa shape index (κ3) is 4.30. The van der Waals surface area contributed by atoms with Gasteiger partial charge in [-0.25, -0.2) is 0 Å². The lowest BCUT2D eigenvalue weighted by atomic mass is 10.1. The molecule has 1 heterocycles. The van der Waals surface area contributed by atoms with E-state index in [4.69, 9.17) is 16.7 Å². The fourth-order valence-electron chi connectivity index (χ4n) is 2.86. The minimum Gasteiger partial charge on any atom is -0.395 e. The molecular formula is C20H20ClN3O3. The highest BCUT2D eigenvalue weighted by Crippen LogP contribution is 2.31. The molecule has 3 rings (SSSR count). The van der Waals surface area contributed by atoms with Gasteiger partial charge >= 0.3 is 0 Å². The van der Waals surface area contributed by atoms with Crippen molar-refractivity contribution in [2.24, 2.45) is 0 Å². The molecule has 0 saturated heterocycles. The van der Waals surface area contributed by atoms with E-state index in [1.165, 1.54) is 6.08 Å². The predicted octanol–water partition coefficient (Wildman–Crippen LogP) is 3.17. The molecule has 6 nitrogen and oxygen atoms in total. The van der Waals surface area contributed by atoms with E-state index in [1.807, 2.05) is 43.3 Å². The molecule has 0 saturated carbocycles. The molecule has 2 amide bonds. The number of rotatable bonds is 7. The number of nitrogens with one attached hydrogen (secondary N) is 2. The van der Waals surface area contributed by atoms with Gasteiger partial charge in [-0.05, 0) is 30.7 Å². The maximum Gasteiger partial charge on any atom is 0.277 e. The summed E-state index contributed by atoms with van der Waals surface area (Å²) in [6, 6.07) is 15.2. The maximum absolute atomic E-state index is 12.4. The molecule has 7 heteroatoms. The molecule has 1 aliphatic rings. The van der Waals surface area contributed by atoms with Gasteiger partial charge in [0, 0.05) is 17.1 Å². The van der Waals surface area contributed by atoms with Crippen molar-refractivity contribution in [1.82, 2.24) is 4.90 Å². The van der Waals surface area contributed by atoms with Gasteiger partial charge in [0.15, 0.2) is 0 Å². The van der Waals surface area contributed by atoms with Gasteiger partial charge in [0.25, 0.3) is 11.8 Å². The second kappa shape index (κ2) is 8.24. The summed E-state index contributed by atoms with van der Waals surface area (Å²) in [4.78, 5) is 25.3. The number of aliphatic hydroxyl groups excluding tert-OH is 1. The van der Waals surface area contributed by atoms with Crippen molar-refractivity contribution in [2.75, 3.05) is 23.8 Å². The Morgan fingerprint density at radius 2 is 1.85 bits per heavy atom. The molecule has 0 radical (unpaired) electrons. The van der Waals surface area contributed by atoms with Crippen LogP contribution in [0.1, 0.15) is 18.5 Å². The Morgan fingerprint density at radius 1 is 1.11 bits per heavy atom.